The quantitative estimate of drug-likeness (QED) is 0.330. The third-order valence-electron chi connectivity index (χ3n) is 5.26. The van der Waals surface area contributed by atoms with Crippen LogP contribution in [-0.4, -0.2) is 9.55 Å². The molecule has 0 amide bonds. The Balaban J connectivity index is 0.00000338. The topological polar surface area (TPSA) is 17.8 Å². The molecule has 0 N–H and O–H groups in total. The van der Waals surface area contributed by atoms with Crippen molar-refractivity contribution in [2.75, 3.05) is 0 Å². The zero-order valence-electron chi connectivity index (χ0n) is 16.7. The number of benzene rings is 1. The predicted molar refractivity (Wildman–Crippen MR) is 115 cm³/mol. The van der Waals surface area contributed by atoms with Crippen LogP contribution in [-0.2, 0) is 0 Å². The summed E-state index contributed by atoms with van der Waals surface area (Å²) in [6.45, 7) is 4.51. The summed E-state index contributed by atoms with van der Waals surface area (Å²) in [7, 11) is 0. The van der Waals surface area contributed by atoms with Crippen LogP contribution in [0.4, 0.5) is 0 Å². The van der Waals surface area contributed by atoms with Gasteiger partial charge in [-0.05, 0) is 24.5 Å². The van der Waals surface area contributed by atoms with Gasteiger partial charge in [-0.1, -0.05) is 95.4 Å². The Morgan fingerprint density at radius 1 is 0.885 bits per heavy atom. The van der Waals surface area contributed by atoms with E-state index < -0.39 is 0 Å². The van der Waals surface area contributed by atoms with Crippen LogP contribution in [0.1, 0.15) is 94.7 Å². The first-order valence-electron chi connectivity index (χ1n) is 10.4. The van der Waals surface area contributed by atoms with E-state index in [1.54, 1.807) is 0 Å². The fourth-order valence-corrected chi connectivity index (χ4v) is 3.70. The van der Waals surface area contributed by atoms with Gasteiger partial charge < -0.3 is 4.57 Å². The van der Waals surface area contributed by atoms with E-state index in [1.165, 1.54) is 81.8 Å². The number of hydrogen-bond donors (Lipinski definition) is 0. The molecule has 3 heteroatoms. The Bertz CT molecular complexity index is 565. The average Bonchev–Trinajstić information content (AvgIpc) is 3.15. The Labute approximate surface area is 166 Å². The van der Waals surface area contributed by atoms with Gasteiger partial charge in [0.15, 0.2) is 0 Å². The summed E-state index contributed by atoms with van der Waals surface area (Å²) in [5, 5.41) is 0. The molecule has 1 heterocycles. The smallest absolute Gasteiger partial charge is 0.0951 e. The van der Waals surface area contributed by atoms with E-state index in [-0.39, 0.29) is 12.4 Å². The van der Waals surface area contributed by atoms with Gasteiger partial charge >= 0.3 is 0 Å². The van der Waals surface area contributed by atoms with Crippen molar-refractivity contribution < 1.29 is 0 Å². The molecule has 0 aliphatic carbocycles. The average molecular weight is 377 g/mol. The Kier molecular flexibility index (Phi) is 12.1. The van der Waals surface area contributed by atoms with Crippen LogP contribution in [0.2, 0.25) is 0 Å². The monoisotopic (exact) mass is 376 g/mol. The summed E-state index contributed by atoms with van der Waals surface area (Å²) in [6.07, 6.45) is 21.1. The van der Waals surface area contributed by atoms with Crippen molar-refractivity contribution in [3.8, 4) is 0 Å². The minimum absolute atomic E-state index is 0. The number of rotatable bonds is 13. The highest BCUT2D eigenvalue weighted by Crippen LogP contribution is 2.27. The van der Waals surface area contributed by atoms with Crippen LogP contribution >= 0.6 is 12.4 Å². The van der Waals surface area contributed by atoms with Gasteiger partial charge in [0.2, 0.25) is 0 Å². The molecule has 26 heavy (non-hydrogen) atoms. The molecule has 0 spiro atoms. The lowest BCUT2D eigenvalue weighted by atomic mass is 9.96. The van der Waals surface area contributed by atoms with Crippen molar-refractivity contribution in [2.24, 2.45) is 0 Å². The van der Waals surface area contributed by atoms with Crippen LogP contribution in [0, 0.1) is 6.92 Å². The fourth-order valence-electron chi connectivity index (χ4n) is 3.70. The van der Waals surface area contributed by atoms with Gasteiger partial charge in [0, 0.05) is 12.4 Å². The van der Waals surface area contributed by atoms with Gasteiger partial charge in [-0.15, -0.1) is 12.4 Å². The van der Waals surface area contributed by atoms with Crippen molar-refractivity contribution in [1.82, 2.24) is 9.55 Å². The molecule has 2 rings (SSSR count). The molecule has 1 unspecified atom stereocenters. The first-order chi connectivity index (χ1) is 12.3. The van der Waals surface area contributed by atoms with Gasteiger partial charge in [-0.3, -0.25) is 0 Å². The first-order valence-corrected chi connectivity index (χ1v) is 10.4. The zero-order valence-corrected chi connectivity index (χ0v) is 17.5. The molecule has 0 aliphatic heterocycles. The van der Waals surface area contributed by atoms with Gasteiger partial charge in [-0.25, -0.2) is 4.98 Å². The van der Waals surface area contributed by atoms with E-state index in [1.807, 2.05) is 12.5 Å². The summed E-state index contributed by atoms with van der Waals surface area (Å²) in [5.41, 5.74) is 2.82. The van der Waals surface area contributed by atoms with E-state index in [4.69, 9.17) is 0 Å². The zero-order chi connectivity index (χ0) is 17.7. The number of unbranched alkanes of at least 4 members (excludes halogenated alkanes) is 9. The summed E-state index contributed by atoms with van der Waals surface area (Å²) in [6, 6.07) is 9.21. The third kappa shape index (κ3) is 7.95. The molecule has 0 radical (unpaired) electrons. The Morgan fingerprint density at radius 3 is 2.08 bits per heavy atom. The first kappa shape index (κ1) is 22.8. The third-order valence-corrected chi connectivity index (χ3v) is 5.26. The highest BCUT2D eigenvalue weighted by molar-refractivity contribution is 5.85. The number of hydrogen-bond acceptors (Lipinski definition) is 1. The van der Waals surface area contributed by atoms with E-state index in [0.717, 1.165) is 0 Å². The number of aromatic nitrogens is 2. The summed E-state index contributed by atoms with van der Waals surface area (Å²) >= 11 is 0. The van der Waals surface area contributed by atoms with Gasteiger partial charge in [0.1, 0.15) is 0 Å². The Morgan fingerprint density at radius 2 is 1.50 bits per heavy atom. The van der Waals surface area contributed by atoms with E-state index in [0.29, 0.717) is 6.04 Å². The van der Waals surface area contributed by atoms with Gasteiger partial charge in [-0.2, -0.15) is 0 Å². The number of nitrogens with zero attached hydrogens (tertiary/aromatic N) is 2. The number of halogens is 1. The summed E-state index contributed by atoms with van der Waals surface area (Å²) in [5.74, 6) is 0. The van der Waals surface area contributed by atoms with Crippen molar-refractivity contribution in [3.05, 3.63) is 54.1 Å². The van der Waals surface area contributed by atoms with Crippen molar-refractivity contribution in [3.63, 3.8) is 0 Å². The predicted octanol–water partition coefficient (Wildman–Crippen LogP) is 7.51. The van der Waals surface area contributed by atoms with Crippen LogP contribution in [0.15, 0.2) is 43.0 Å². The number of imidazole rings is 1. The molecular weight excluding hydrogens is 340 g/mol. The van der Waals surface area contributed by atoms with Gasteiger partial charge in [0.25, 0.3) is 0 Å². The molecule has 1 aromatic heterocycles. The second-order valence-electron chi connectivity index (χ2n) is 7.35. The molecule has 0 saturated carbocycles. The highest BCUT2D eigenvalue weighted by Gasteiger charge is 2.14. The molecule has 2 aromatic rings. The standard InChI is InChI=1S/C23H36N2.ClH/c1-3-4-5-6-7-8-9-10-11-12-17-23(25-19-18-24-20-25)22-16-14-13-15-21(22)2;/h13-16,18-20,23H,3-12,17H2,1-2H3;1H. The molecular formula is C23H37ClN2. The number of aryl methyl sites for hydroxylation is 1. The maximum absolute atomic E-state index is 4.26. The van der Waals surface area contributed by atoms with Crippen LogP contribution in [0.3, 0.4) is 0 Å². The van der Waals surface area contributed by atoms with Crippen molar-refractivity contribution in [1.29, 1.82) is 0 Å². The second-order valence-corrected chi connectivity index (χ2v) is 7.35. The fraction of sp³-hybridized carbons (Fsp3) is 0.609. The summed E-state index contributed by atoms with van der Waals surface area (Å²) < 4.78 is 2.27. The normalized spacial score (nSPS) is 11.9. The molecule has 2 nitrogen and oxygen atoms in total. The van der Waals surface area contributed by atoms with Crippen molar-refractivity contribution in [2.45, 2.75) is 90.5 Å². The minimum atomic E-state index is 0. The lowest BCUT2D eigenvalue weighted by Crippen LogP contribution is -2.10. The van der Waals surface area contributed by atoms with E-state index >= 15 is 0 Å². The minimum Gasteiger partial charge on any atom is -0.330 e. The SMILES string of the molecule is CCCCCCCCCCCCC(c1ccccc1C)n1ccnc1.Cl. The molecule has 0 fully saturated rings. The molecule has 1 atom stereocenters. The maximum Gasteiger partial charge on any atom is 0.0951 e. The summed E-state index contributed by atoms with van der Waals surface area (Å²) in [4.78, 5) is 4.26. The van der Waals surface area contributed by atoms with Crippen molar-refractivity contribution >= 4 is 12.4 Å². The van der Waals surface area contributed by atoms with Crippen LogP contribution in [0.25, 0.3) is 0 Å². The molecule has 0 aliphatic rings. The second kappa shape index (κ2) is 13.9. The van der Waals surface area contributed by atoms with Crippen LogP contribution < -0.4 is 0 Å². The molecule has 0 bridgehead atoms. The van der Waals surface area contributed by atoms with Crippen LogP contribution in [0.5, 0.6) is 0 Å². The van der Waals surface area contributed by atoms with Gasteiger partial charge in [0.05, 0.1) is 12.4 Å². The lowest BCUT2D eigenvalue weighted by Gasteiger charge is -2.21. The largest absolute Gasteiger partial charge is 0.330 e. The molecule has 146 valence electrons. The molecule has 0 saturated heterocycles. The highest BCUT2D eigenvalue weighted by atomic mass is 35.5. The van der Waals surface area contributed by atoms with E-state index in [9.17, 15) is 0 Å². The lowest BCUT2D eigenvalue weighted by molar-refractivity contribution is 0.486. The Hall–Kier alpha value is -1.28. The molecule has 1 aromatic carbocycles. The maximum atomic E-state index is 4.26. The van der Waals surface area contributed by atoms with E-state index in [2.05, 4.69) is 53.9 Å².